The minimum absolute atomic E-state index is 0.794. The summed E-state index contributed by atoms with van der Waals surface area (Å²) in [5.41, 5.74) is 6.99. The van der Waals surface area contributed by atoms with Crippen molar-refractivity contribution in [1.29, 1.82) is 0 Å². The third-order valence-electron chi connectivity index (χ3n) is 1.70. The molecule has 0 bridgehead atoms. The molecule has 0 radical (unpaired) electrons. The van der Waals surface area contributed by atoms with Crippen LogP contribution < -0.4 is 5.73 Å². The summed E-state index contributed by atoms with van der Waals surface area (Å²) in [6.45, 7) is 3.08. The first kappa shape index (κ1) is 8.15. The predicted molar refractivity (Wildman–Crippen MR) is 48.3 cm³/mol. The van der Waals surface area contributed by atoms with E-state index in [9.17, 15) is 0 Å². The molecule has 2 heteroatoms. The lowest BCUT2D eigenvalue weighted by atomic mass is 10.1. The van der Waals surface area contributed by atoms with E-state index in [0.29, 0.717) is 0 Å². The van der Waals surface area contributed by atoms with E-state index in [0.717, 1.165) is 18.2 Å². The quantitative estimate of drug-likeness (QED) is 0.618. The first-order valence-corrected chi connectivity index (χ1v) is 4.87. The minimum atomic E-state index is 0.794. The van der Waals surface area contributed by atoms with E-state index < -0.39 is 0 Å². The number of nitrogens with two attached hydrogens (primary N) is 1. The molecule has 0 aromatic rings. The lowest BCUT2D eigenvalue weighted by molar-refractivity contribution is 0.935. The zero-order valence-corrected chi connectivity index (χ0v) is 7.29. The van der Waals surface area contributed by atoms with E-state index >= 15 is 0 Å². The summed E-state index contributed by atoms with van der Waals surface area (Å²) in [6, 6.07) is 0. The molecule has 0 spiro atoms. The van der Waals surface area contributed by atoms with Crippen LogP contribution >= 0.6 is 11.8 Å². The van der Waals surface area contributed by atoms with Gasteiger partial charge in [0.15, 0.2) is 0 Å². The van der Waals surface area contributed by atoms with Gasteiger partial charge in [0.25, 0.3) is 0 Å². The van der Waals surface area contributed by atoms with Crippen molar-refractivity contribution in [3.05, 3.63) is 11.6 Å². The second-order valence-electron chi connectivity index (χ2n) is 2.77. The van der Waals surface area contributed by atoms with Gasteiger partial charge in [-0.3, -0.25) is 0 Å². The van der Waals surface area contributed by atoms with Crippen LogP contribution in [0.4, 0.5) is 0 Å². The number of thioether (sulfide) groups is 1. The summed E-state index contributed by atoms with van der Waals surface area (Å²) in [5, 5.41) is 0.837. The molecule has 1 aliphatic heterocycles. The highest BCUT2D eigenvalue weighted by molar-refractivity contribution is 8.00. The van der Waals surface area contributed by atoms with Gasteiger partial charge in [-0.15, -0.1) is 0 Å². The van der Waals surface area contributed by atoms with Crippen LogP contribution in [-0.4, -0.2) is 17.5 Å². The zero-order chi connectivity index (χ0) is 7.40. The molecule has 1 rings (SSSR count). The van der Waals surface area contributed by atoms with Crippen LogP contribution in [-0.2, 0) is 0 Å². The Morgan fingerprint density at radius 3 is 3.10 bits per heavy atom. The van der Waals surface area contributed by atoms with Gasteiger partial charge in [0.05, 0.1) is 0 Å². The fraction of sp³-hybridized carbons (Fsp3) is 0.750. The molecule has 1 nitrogen and oxygen atoms in total. The van der Waals surface area contributed by atoms with Crippen molar-refractivity contribution in [3.63, 3.8) is 0 Å². The highest BCUT2D eigenvalue weighted by atomic mass is 32.2. The van der Waals surface area contributed by atoms with Crippen LogP contribution in [0, 0.1) is 0 Å². The van der Waals surface area contributed by atoms with E-state index in [1.807, 2.05) is 11.8 Å². The summed E-state index contributed by atoms with van der Waals surface area (Å²) < 4.78 is 0. The van der Waals surface area contributed by atoms with Crippen LogP contribution in [0.25, 0.3) is 0 Å². The Balaban J connectivity index is 2.29. The predicted octanol–water partition coefficient (Wildman–Crippen LogP) is 1.79. The molecule has 2 N–H and O–H groups in total. The Hall–Kier alpha value is 0.0500. The molecule has 1 heterocycles. The van der Waals surface area contributed by atoms with E-state index in [1.54, 1.807) is 5.57 Å². The standard InChI is InChI=1S/C8H15NS/c1-7-5-8(6-10-7)3-2-4-9/h3,7H,2,4-6,9H2,1H3. The SMILES string of the molecule is CC1CC(=CCCN)CS1. The maximum Gasteiger partial charge on any atom is 0.0146 e. The molecule has 1 unspecified atom stereocenters. The summed E-state index contributed by atoms with van der Waals surface area (Å²) in [5.74, 6) is 1.24. The molecule has 0 aromatic heterocycles. The molecule has 1 saturated heterocycles. The van der Waals surface area contributed by atoms with E-state index in [4.69, 9.17) is 5.73 Å². The summed E-state index contributed by atoms with van der Waals surface area (Å²) in [6.07, 6.45) is 4.64. The monoisotopic (exact) mass is 157 g/mol. The molecule has 1 atom stereocenters. The minimum Gasteiger partial charge on any atom is -0.330 e. The normalized spacial score (nSPS) is 29.8. The summed E-state index contributed by atoms with van der Waals surface area (Å²) in [7, 11) is 0. The second kappa shape index (κ2) is 4.04. The van der Waals surface area contributed by atoms with Crippen LogP contribution in [0.15, 0.2) is 11.6 Å². The van der Waals surface area contributed by atoms with Gasteiger partial charge >= 0.3 is 0 Å². The van der Waals surface area contributed by atoms with Gasteiger partial charge in [0.2, 0.25) is 0 Å². The molecule has 58 valence electrons. The average molecular weight is 157 g/mol. The van der Waals surface area contributed by atoms with Crippen molar-refractivity contribution in [2.75, 3.05) is 12.3 Å². The van der Waals surface area contributed by atoms with Crippen LogP contribution in [0.2, 0.25) is 0 Å². The number of hydrogen-bond acceptors (Lipinski definition) is 2. The fourth-order valence-electron chi connectivity index (χ4n) is 1.17. The van der Waals surface area contributed by atoms with Crippen molar-refractivity contribution in [3.8, 4) is 0 Å². The topological polar surface area (TPSA) is 26.0 Å². The number of rotatable bonds is 2. The zero-order valence-electron chi connectivity index (χ0n) is 6.47. The third kappa shape index (κ3) is 2.35. The van der Waals surface area contributed by atoms with Crippen molar-refractivity contribution in [2.24, 2.45) is 5.73 Å². The Morgan fingerprint density at radius 1 is 1.80 bits per heavy atom. The molecule has 10 heavy (non-hydrogen) atoms. The van der Waals surface area contributed by atoms with Crippen molar-refractivity contribution < 1.29 is 0 Å². The fourth-order valence-corrected chi connectivity index (χ4v) is 2.23. The highest BCUT2D eigenvalue weighted by Gasteiger charge is 2.13. The van der Waals surface area contributed by atoms with Crippen LogP contribution in [0.5, 0.6) is 0 Å². The van der Waals surface area contributed by atoms with Gasteiger partial charge in [-0.1, -0.05) is 18.6 Å². The Kier molecular flexibility index (Phi) is 3.29. The van der Waals surface area contributed by atoms with Gasteiger partial charge < -0.3 is 5.73 Å². The van der Waals surface area contributed by atoms with Crippen molar-refractivity contribution >= 4 is 11.8 Å². The molecule has 1 aliphatic rings. The molecule has 0 aromatic carbocycles. The second-order valence-corrected chi connectivity index (χ2v) is 4.19. The lowest BCUT2D eigenvalue weighted by Crippen LogP contribution is -1.96. The van der Waals surface area contributed by atoms with Gasteiger partial charge in [-0.05, 0) is 19.4 Å². The molecular weight excluding hydrogens is 142 g/mol. The van der Waals surface area contributed by atoms with Crippen LogP contribution in [0.1, 0.15) is 19.8 Å². The molecule has 0 saturated carbocycles. The largest absolute Gasteiger partial charge is 0.330 e. The smallest absolute Gasteiger partial charge is 0.0146 e. The molecule has 0 amide bonds. The average Bonchev–Trinajstić information content (AvgIpc) is 2.31. The summed E-state index contributed by atoms with van der Waals surface area (Å²) >= 11 is 2.05. The van der Waals surface area contributed by atoms with Gasteiger partial charge in [-0.2, -0.15) is 11.8 Å². The van der Waals surface area contributed by atoms with Gasteiger partial charge in [-0.25, -0.2) is 0 Å². The van der Waals surface area contributed by atoms with E-state index in [1.165, 1.54) is 12.2 Å². The first-order chi connectivity index (χ1) is 4.83. The maximum absolute atomic E-state index is 5.39. The Morgan fingerprint density at radius 2 is 2.60 bits per heavy atom. The Labute approximate surface area is 67.1 Å². The number of hydrogen-bond donors (Lipinski definition) is 1. The molecule has 0 aliphatic carbocycles. The van der Waals surface area contributed by atoms with E-state index in [-0.39, 0.29) is 0 Å². The van der Waals surface area contributed by atoms with E-state index in [2.05, 4.69) is 13.0 Å². The van der Waals surface area contributed by atoms with Gasteiger partial charge in [0, 0.05) is 11.0 Å². The molecular formula is C8H15NS. The lowest BCUT2D eigenvalue weighted by Gasteiger charge is -1.94. The Bertz CT molecular complexity index is 131. The van der Waals surface area contributed by atoms with Crippen molar-refractivity contribution in [1.82, 2.24) is 0 Å². The third-order valence-corrected chi connectivity index (χ3v) is 2.98. The summed E-state index contributed by atoms with van der Waals surface area (Å²) in [4.78, 5) is 0. The van der Waals surface area contributed by atoms with Crippen molar-refractivity contribution in [2.45, 2.75) is 25.0 Å². The van der Waals surface area contributed by atoms with Gasteiger partial charge in [0.1, 0.15) is 0 Å². The molecule has 1 fully saturated rings. The first-order valence-electron chi connectivity index (χ1n) is 3.82. The van der Waals surface area contributed by atoms with Crippen LogP contribution in [0.3, 0.4) is 0 Å². The highest BCUT2D eigenvalue weighted by Crippen LogP contribution is 2.30. The maximum atomic E-state index is 5.39.